The van der Waals surface area contributed by atoms with E-state index in [2.05, 4.69) is 37.4 Å². The smallest absolute Gasteiger partial charge is 0.320 e. The lowest BCUT2D eigenvalue weighted by Gasteiger charge is -2.12. The van der Waals surface area contributed by atoms with E-state index in [0.717, 1.165) is 6.42 Å². The third-order valence-electron chi connectivity index (χ3n) is 2.85. The maximum Gasteiger partial charge on any atom is 0.320 e. The van der Waals surface area contributed by atoms with Crippen LogP contribution in [-0.4, -0.2) is 24.2 Å². The average molecular weight is 221 g/mol. The molecule has 0 radical (unpaired) electrons. The van der Waals surface area contributed by atoms with Crippen LogP contribution in [0.5, 0.6) is 0 Å². The Bertz CT molecular complexity index is 374. The van der Waals surface area contributed by atoms with Crippen LogP contribution in [0, 0.1) is 13.8 Å². The van der Waals surface area contributed by atoms with Gasteiger partial charge in [0, 0.05) is 0 Å². The molecule has 1 aromatic carbocycles. The number of aryl methyl sites for hydroxylation is 3. The molecule has 0 aromatic heterocycles. The second-order valence-corrected chi connectivity index (χ2v) is 4.15. The van der Waals surface area contributed by atoms with Gasteiger partial charge in [-0.2, -0.15) is 0 Å². The van der Waals surface area contributed by atoms with Gasteiger partial charge in [-0.15, -0.1) is 0 Å². The van der Waals surface area contributed by atoms with Crippen molar-refractivity contribution in [2.24, 2.45) is 0 Å². The number of nitrogens with one attached hydrogen (secondary N) is 1. The van der Waals surface area contributed by atoms with E-state index in [1.54, 1.807) is 7.05 Å². The fourth-order valence-corrected chi connectivity index (χ4v) is 1.82. The number of benzene rings is 1. The fourth-order valence-electron chi connectivity index (χ4n) is 1.82. The SMILES string of the molecule is CNC(CCc1ccc(C)cc1C)C(=O)O. The first kappa shape index (κ1) is 12.7. The van der Waals surface area contributed by atoms with Crippen molar-refractivity contribution in [1.29, 1.82) is 0 Å². The minimum atomic E-state index is -0.785. The molecule has 0 amide bonds. The third kappa shape index (κ3) is 3.35. The minimum Gasteiger partial charge on any atom is -0.480 e. The molecule has 0 spiro atoms. The van der Waals surface area contributed by atoms with Crippen LogP contribution in [0.4, 0.5) is 0 Å². The molecule has 0 aliphatic carbocycles. The number of likely N-dealkylation sites (N-methyl/N-ethyl adjacent to an activating group) is 1. The monoisotopic (exact) mass is 221 g/mol. The maximum atomic E-state index is 10.8. The largest absolute Gasteiger partial charge is 0.480 e. The number of aliphatic carboxylic acids is 1. The van der Waals surface area contributed by atoms with Crippen molar-refractivity contribution >= 4 is 5.97 Å². The summed E-state index contributed by atoms with van der Waals surface area (Å²) in [6.45, 7) is 4.13. The highest BCUT2D eigenvalue weighted by Gasteiger charge is 2.14. The van der Waals surface area contributed by atoms with Crippen LogP contribution in [0.2, 0.25) is 0 Å². The van der Waals surface area contributed by atoms with Gasteiger partial charge in [-0.1, -0.05) is 23.8 Å². The highest BCUT2D eigenvalue weighted by molar-refractivity contribution is 5.73. The second-order valence-electron chi connectivity index (χ2n) is 4.15. The molecule has 0 bridgehead atoms. The van der Waals surface area contributed by atoms with Gasteiger partial charge in [-0.05, 0) is 44.9 Å². The minimum absolute atomic E-state index is 0.458. The molecule has 1 aromatic rings. The molecule has 0 saturated heterocycles. The van der Waals surface area contributed by atoms with Crippen molar-refractivity contribution in [3.63, 3.8) is 0 Å². The number of carbonyl (C=O) groups is 1. The molecule has 0 aliphatic rings. The lowest BCUT2D eigenvalue weighted by atomic mass is 9.99. The number of carboxylic acids is 1. The zero-order valence-electron chi connectivity index (χ0n) is 10.1. The van der Waals surface area contributed by atoms with Crippen LogP contribution in [-0.2, 0) is 11.2 Å². The molecule has 88 valence electrons. The van der Waals surface area contributed by atoms with Crippen molar-refractivity contribution in [2.45, 2.75) is 32.7 Å². The highest BCUT2D eigenvalue weighted by atomic mass is 16.4. The number of rotatable bonds is 5. The molecule has 0 saturated carbocycles. The van der Waals surface area contributed by atoms with E-state index in [-0.39, 0.29) is 0 Å². The van der Waals surface area contributed by atoms with E-state index in [1.165, 1.54) is 16.7 Å². The molecule has 0 aliphatic heterocycles. The van der Waals surface area contributed by atoms with E-state index in [1.807, 2.05) is 0 Å². The van der Waals surface area contributed by atoms with Crippen molar-refractivity contribution in [2.75, 3.05) is 7.05 Å². The lowest BCUT2D eigenvalue weighted by Crippen LogP contribution is -2.34. The van der Waals surface area contributed by atoms with Crippen molar-refractivity contribution in [3.8, 4) is 0 Å². The van der Waals surface area contributed by atoms with Gasteiger partial charge in [-0.25, -0.2) is 0 Å². The van der Waals surface area contributed by atoms with E-state index in [4.69, 9.17) is 5.11 Å². The topological polar surface area (TPSA) is 49.3 Å². The Kier molecular flexibility index (Phi) is 4.50. The number of carboxylic acid groups (broad SMARTS) is 1. The van der Waals surface area contributed by atoms with E-state index in [0.29, 0.717) is 6.42 Å². The van der Waals surface area contributed by atoms with E-state index >= 15 is 0 Å². The Balaban J connectivity index is 2.63. The lowest BCUT2D eigenvalue weighted by molar-refractivity contribution is -0.139. The predicted octanol–water partition coefficient (Wildman–Crippen LogP) is 1.91. The summed E-state index contributed by atoms with van der Waals surface area (Å²) in [5, 5.41) is 11.7. The van der Waals surface area contributed by atoms with Crippen LogP contribution in [0.3, 0.4) is 0 Å². The number of hydrogen-bond acceptors (Lipinski definition) is 2. The second kappa shape index (κ2) is 5.66. The summed E-state index contributed by atoms with van der Waals surface area (Å²) in [6, 6.07) is 5.82. The van der Waals surface area contributed by atoms with Crippen molar-refractivity contribution in [1.82, 2.24) is 5.32 Å². The zero-order valence-corrected chi connectivity index (χ0v) is 10.1. The Morgan fingerprint density at radius 2 is 2.12 bits per heavy atom. The van der Waals surface area contributed by atoms with Gasteiger partial charge in [0.1, 0.15) is 6.04 Å². The van der Waals surface area contributed by atoms with Crippen molar-refractivity contribution in [3.05, 3.63) is 34.9 Å². The molecule has 3 nitrogen and oxygen atoms in total. The maximum absolute atomic E-state index is 10.8. The molecule has 3 heteroatoms. The van der Waals surface area contributed by atoms with Gasteiger partial charge in [0.05, 0.1) is 0 Å². The summed E-state index contributed by atoms with van der Waals surface area (Å²) in [5.41, 5.74) is 3.71. The normalized spacial score (nSPS) is 12.4. The molecular weight excluding hydrogens is 202 g/mol. The van der Waals surface area contributed by atoms with Gasteiger partial charge in [-0.3, -0.25) is 4.79 Å². The highest BCUT2D eigenvalue weighted by Crippen LogP contribution is 2.13. The molecular formula is C13H19NO2. The van der Waals surface area contributed by atoms with Gasteiger partial charge in [0.25, 0.3) is 0 Å². The van der Waals surface area contributed by atoms with Gasteiger partial charge in [0.2, 0.25) is 0 Å². The summed E-state index contributed by atoms with van der Waals surface area (Å²) < 4.78 is 0. The quantitative estimate of drug-likeness (QED) is 0.798. The average Bonchev–Trinajstić information content (AvgIpc) is 2.21. The van der Waals surface area contributed by atoms with Crippen LogP contribution in [0.25, 0.3) is 0 Å². The molecule has 2 N–H and O–H groups in total. The Labute approximate surface area is 96.5 Å². The first-order chi connectivity index (χ1) is 7.54. The molecule has 0 heterocycles. The first-order valence-electron chi connectivity index (χ1n) is 5.50. The van der Waals surface area contributed by atoms with Crippen LogP contribution >= 0.6 is 0 Å². The molecule has 1 atom stereocenters. The molecule has 0 fully saturated rings. The van der Waals surface area contributed by atoms with Gasteiger partial charge in [0.15, 0.2) is 0 Å². The third-order valence-corrected chi connectivity index (χ3v) is 2.85. The standard InChI is InChI=1S/C13H19NO2/c1-9-4-5-11(10(2)8-9)6-7-12(14-3)13(15)16/h4-5,8,12,14H,6-7H2,1-3H3,(H,15,16). The molecule has 1 rings (SSSR count). The zero-order chi connectivity index (χ0) is 12.1. The van der Waals surface area contributed by atoms with Crippen LogP contribution < -0.4 is 5.32 Å². The molecule has 1 unspecified atom stereocenters. The Hall–Kier alpha value is -1.35. The Morgan fingerprint density at radius 3 is 2.62 bits per heavy atom. The number of hydrogen-bond donors (Lipinski definition) is 2. The van der Waals surface area contributed by atoms with E-state index < -0.39 is 12.0 Å². The molecule has 16 heavy (non-hydrogen) atoms. The van der Waals surface area contributed by atoms with Crippen LogP contribution in [0.15, 0.2) is 18.2 Å². The summed E-state index contributed by atoms with van der Waals surface area (Å²) >= 11 is 0. The van der Waals surface area contributed by atoms with Crippen LogP contribution in [0.1, 0.15) is 23.1 Å². The Morgan fingerprint density at radius 1 is 1.44 bits per heavy atom. The van der Waals surface area contributed by atoms with Crippen molar-refractivity contribution < 1.29 is 9.90 Å². The van der Waals surface area contributed by atoms with E-state index in [9.17, 15) is 4.79 Å². The first-order valence-corrected chi connectivity index (χ1v) is 5.50. The fraction of sp³-hybridized carbons (Fsp3) is 0.462. The van der Waals surface area contributed by atoms with Gasteiger partial charge < -0.3 is 10.4 Å². The van der Waals surface area contributed by atoms with Gasteiger partial charge >= 0.3 is 5.97 Å². The summed E-state index contributed by atoms with van der Waals surface area (Å²) in [4.78, 5) is 10.8. The summed E-state index contributed by atoms with van der Waals surface area (Å²) in [7, 11) is 1.68. The summed E-state index contributed by atoms with van der Waals surface area (Å²) in [5.74, 6) is -0.785. The predicted molar refractivity (Wildman–Crippen MR) is 64.7 cm³/mol. The summed E-state index contributed by atoms with van der Waals surface area (Å²) in [6.07, 6.45) is 1.42.